The summed E-state index contributed by atoms with van der Waals surface area (Å²) >= 11 is 0. The van der Waals surface area contributed by atoms with Crippen molar-refractivity contribution in [3.8, 4) is 17.2 Å². The van der Waals surface area contributed by atoms with Crippen LogP contribution in [0.2, 0.25) is 0 Å². The SMILES string of the molecule is C/C(N)=C(/C=C(\N)NC=O)Nc1cccc(-c2cnn(C3=CCC34OCCO4)c2)c1C#N.CC1CC1.NC=O. The molecule has 2 heterocycles. The fourth-order valence-corrected chi connectivity index (χ4v) is 3.79. The van der Waals surface area contributed by atoms with E-state index in [4.69, 9.17) is 25.7 Å². The summed E-state index contributed by atoms with van der Waals surface area (Å²) in [7, 11) is 0. The first-order chi connectivity index (χ1) is 18.8. The van der Waals surface area contributed by atoms with Gasteiger partial charge in [0.05, 0.1) is 42.1 Å². The number of amides is 2. The number of allylic oxidation sites excluding steroid dienone is 2. The van der Waals surface area contributed by atoms with Crippen LogP contribution in [0.4, 0.5) is 5.69 Å². The number of hydrogen-bond donors (Lipinski definition) is 5. The van der Waals surface area contributed by atoms with Crippen molar-refractivity contribution >= 4 is 24.2 Å². The van der Waals surface area contributed by atoms with Gasteiger partial charge in [0.1, 0.15) is 11.9 Å². The first-order valence-electron chi connectivity index (χ1n) is 12.4. The molecule has 12 nitrogen and oxygen atoms in total. The number of carbonyl (C=O) groups is 2. The number of aromatic nitrogens is 2. The fourth-order valence-electron chi connectivity index (χ4n) is 3.79. The molecule has 2 aliphatic carbocycles. The molecule has 39 heavy (non-hydrogen) atoms. The molecule has 1 aromatic carbocycles. The highest BCUT2D eigenvalue weighted by Crippen LogP contribution is 2.43. The molecule has 8 N–H and O–H groups in total. The van der Waals surface area contributed by atoms with Gasteiger partial charge < -0.3 is 37.3 Å². The largest absolute Gasteiger partial charge is 0.401 e. The van der Waals surface area contributed by atoms with Crippen LogP contribution < -0.4 is 27.8 Å². The molecular formula is C27H34N8O4. The van der Waals surface area contributed by atoms with Crippen molar-refractivity contribution in [1.29, 1.82) is 5.26 Å². The zero-order chi connectivity index (χ0) is 28.4. The van der Waals surface area contributed by atoms with E-state index < -0.39 is 5.79 Å². The van der Waals surface area contributed by atoms with Crippen LogP contribution in [0.5, 0.6) is 0 Å². The first kappa shape index (κ1) is 29.0. The molecule has 2 fully saturated rings. The third-order valence-electron chi connectivity index (χ3n) is 6.11. The highest BCUT2D eigenvalue weighted by molar-refractivity contribution is 5.79. The normalized spacial score (nSPS) is 17.6. The minimum absolute atomic E-state index is 0.113. The van der Waals surface area contributed by atoms with Gasteiger partial charge in [0.25, 0.3) is 0 Å². The van der Waals surface area contributed by atoms with Crippen molar-refractivity contribution < 1.29 is 19.1 Å². The van der Waals surface area contributed by atoms with Gasteiger partial charge in [-0.2, -0.15) is 10.4 Å². The van der Waals surface area contributed by atoms with Gasteiger partial charge in [0.2, 0.25) is 18.6 Å². The van der Waals surface area contributed by atoms with Gasteiger partial charge in [-0.3, -0.25) is 9.59 Å². The Morgan fingerprint density at radius 2 is 1.92 bits per heavy atom. The molecule has 1 saturated carbocycles. The van der Waals surface area contributed by atoms with E-state index in [1.807, 2.05) is 24.4 Å². The van der Waals surface area contributed by atoms with E-state index in [2.05, 4.69) is 34.5 Å². The lowest BCUT2D eigenvalue weighted by Gasteiger charge is -2.35. The molecule has 0 atom stereocenters. The summed E-state index contributed by atoms with van der Waals surface area (Å²) in [4.78, 5) is 19.2. The van der Waals surface area contributed by atoms with Gasteiger partial charge >= 0.3 is 0 Å². The Hall–Kier alpha value is -4.60. The number of anilines is 1. The maximum atomic E-state index is 10.6. The number of nitrogens with one attached hydrogen (secondary N) is 2. The van der Waals surface area contributed by atoms with Gasteiger partial charge in [0.15, 0.2) is 0 Å². The van der Waals surface area contributed by atoms with Crippen molar-refractivity contribution in [2.24, 2.45) is 23.1 Å². The third-order valence-corrected chi connectivity index (χ3v) is 6.11. The Labute approximate surface area is 227 Å². The molecule has 1 saturated heterocycles. The molecule has 3 aliphatic rings. The monoisotopic (exact) mass is 534 g/mol. The predicted octanol–water partition coefficient (Wildman–Crippen LogP) is 2.08. The lowest BCUT2D eigenvalue weighted by atomic mass is 9.97. The van der Waals surface area contributed by atoms with Crippen LogP contribution in [0, 0.1) is 17.2 Å². The average molecular weight is 535 g/mol. The van der Waals surface area contributed by atoms with E-state index in [1.54, 1.807) is 23.9 Å². The Kier molecular flexibility index (Phi) is 9.86. The summed E-state index contributed by atoms with van der Waals surface area (Å²) in [6.07, 6.45) is 11.4. The Morgan fingerprint density at radius 3 is 2.44 bits per heavy atom. The fraction of sp³-hybridized carbons (Fsp3) is 0.333. The zero-order valence-electron chi connectivity index (χ0n) is 22.0. The molecule has 0 bridgehead atoms. The summed E-state index contributed by atoms with van der Waals surface area (Å²) < 4.78 is 13.2. The van der Waals surface area contributed by atoms with Crippen LogP contribution >= 0.6 is 0 Å². The second-order valence-corrected chi connectivity index (χ2v) is 9.16. The Bertz CT molecular complexity index is 1310. The Morgan fingerprint density at radius 1 is 1.26 bits per heavy atom. The number of rotatable bonds is 7. The molecule has 1 aromatic heterocycles. The van der Waals surface area contributed by atoms with Crippen molar-refractivity contribution in [2.45, 2.75) is 38.9 Å². The molecule has 2 amide bonds. The zero-order valence-corrected chi connectivity index (χ0v) is 22.0. The molecule has 1 spiro atoms. The van der Waals surface area contributed by atoms with Gasteiger partial charge in [-0.15, -0.1) is 0 Å². The molecule has 2 aromatic rings. The molecular weight excluding hydrogens is 500 g/mol. The molecule has 0 radical (unpaired) electrons. The number of nitriles is 1. The van der Waals surface area contributed by atoms with Crippen molar-refractivity contribution in [1.82, 2.24) is 15.1 Å². The second-order valence-electron chi connectivity index (χ2n) is 9.16. The highest BCUT2D eigenvalue weighted by Gasteiger charge is 2.47. The third kappa shape index (κ3) is 7.25. The van der Waals surface area contributed by atoms with E-state index in [-0.39, 0.29) is 12.2 Å². The number of nitrogens with zero attached hydrogens (tertiary/aromatic N) is 3. The van der Waals surface area contributed by atoms with Crippen molar-refractivity contribution in [3.63, 3.8) is 0 Å². The minimum Gasteiger partial charge on any atom is -0.401 e. The van der Waals surface area contributed by atoms with Crippen LogP contribution in [-0.2, 0) is 19.1 Å². The van der Waals surface area contributed by atoms with Gasteiger partial charge in [-0.05, 0) is 18.9 Å². The van der Waals surface area contributed by atoms with E-state index in [9.17, 15) is 10.1 Å². The summed E-state index contributed by atoms with van der Waals surface area (Å²) in [6.45, 7) is 5.06. The lowest BCUT2D eigenvalue weighted by molar-refractivity contribution is -0.120. The van der Waals surface area contributed by atoms with Crippen LogP contribution in [0.1, 0.15) is 38.7 Å². The van der Waals surface area contributed by atoms with Crippen LogP contribution in [0.25, 0.3) is 16.8 Å². The molecule has 12 heteroatoms. The molecule has 5 rings (SSSR count). The predicted molar refractivity (Wildman–Crippen MR) is 147 cm³/mol. The number of carbonyl (C=O) groups excluding carboxylic acids is 2. The van der Waals surface area contributed by atoms with Gasteiger partial charge in [-0.1, -0.05) is 38.0 Å². The number of primary amides is 1. The quantitative estimate of drug-likeness (QED) is 0.261. The van der Waals surface area contributed by atoms with Crippen LogP contribution in [0.15, 0.2) is 60.0 Å². The van der Waals surface area contributed by atoms with E-state index in [1.165, 1.54) is 18.9 Å². The molecule has 1 aliphatic heterocycles. The second kappa shape index (κ2) is 13.3. The lowest BCUT2D eigenvalue weighted by Crippen LogP contribution is -2.40. The van der Waals surface area contributed by atoms with Crippen molar-refractivity contribution in [3.05, 3.63) is 65.5 Å². The summed E-state index contributed by atoms with van der Waals surface area (Å²) in [6, 6.07) is 7.68. The number of ether oxygens (including phenoxy) is 2. The van der Waals surface area contributed by atoms with E-state index in [0.717, 1.165) is 17.2 Å². The topological polar surface area (TPSA) is 196 Å². The smallest absolute Gasteiger partial charge is 0.215 e. The maximum absolute atomic E-state index is 10.6. The number of nitrogens with two attached hydrogens (primary N) is 3. The van der Waals surface area contributed by atoms with Crippen LogP contribution in [0.3, 0.4) is 0 Å². The average Bonchev–Trinajstić information content (AvgIpc) is 3.33. The maximum Gasteiger partial charge on any atom is 0.215 e. The van der Waals surface area contributed by atoms with Gasteiger partial charge in [-0.25, -0.2) is 4.68 Å². The van der Waals surface area contributed by atoms with Crippen molar-refractivity contribution in [2.75, 3.05) is 18.5 Å². The number of benzene rings is 1. The van der Waals surface area contributed by atoms with E-state index in [0.29, 0.717) is 54.3 Å². The molecule has 206 valence electrons. The van der Waals surface area contributed by atoms with Crippen LogP contribution in [-0.4, -0.2) is 41.6 Å². The summed E-state index contributed by atoms with van der Waals surface area (Å²) in [5.74, 6) is 0.479. The summed E-state index contributed by atoms with van der Waals surface area (Å²) in [5, 5.41) is 19.8. The van der Waals surface area contributed by atoms with E-state index >= 15 is 0 Å². The number of hydrogen-bond acceptors (Lipinski definition) is 9. The standard InChI is InChI=1S/C22H23N7O3.C4H8.CH3NO/c1-14(24)19(9-21(25)26-13-30)28-18-4-2-3-16(17(18)10-23)15-11-27-29(12-15)20-5-6-22(20)31-7-8-32-22;1-4-2-3-4;2-1-3/h2-5,9,11-13,28H,6-8,24-25H2,1H3,(H,26,30);4H,2-3H2,1H3;1H,(H2,2,3)/b19-14+,21-9+;;. The first-order valence-corrected chi connectivity index (χ1v) is 12.4. The Balaban J connectivity index is 0.000000530. The minimum atomic E-state index is -0.717. The highest BCUT2D eigenvalue weighted by atomic mass is 16.7. The summed E-state index contributed by atoms with van der Waals surface area (Å²) in [5.41, 5.74) is 20.0. The molecule has 0 unspecified atom stereocenters. The van der Waals surface area contributed by atoms with Gasteiger partial charge in [0, 0.05) is 35.5 Å².